The van der Waals surface area contributed by atoms with Crippen molar-refractivity contribution in [3.63, 3.8) is 0 Å². The molecule has 1 saturated heterocycles. The number of hydrogen-bond donors (Lipinski definition) is 18. The molecule has 0 bridgehead atoms. The zero-order chi connectivity index (χ0) is 69.3. The molecule has 526 valence electrons. The van der Waals surface area contributed by atoms with Gasteiger partial charge in [0.1, 0.15) is 54.6 Å². The van der Waals surface area contributed by atoms with Crippen molar-refractivity contribution in [3.8, 4) is 0 Å². The Balaban J connectivity index is 4.11. The number of ether oxygens (including phenoxy) is 1. The van der Waals surface area contributed by atoms with Crippen molar-refractivity contribution in [2.45, 2.75) is 228 Å². The van der Waals surface area contributed by atoms with E-state index in [2.05, 4.69) is 49.5 Å². The molecule has 0 aliphatic carbocycles. The fourth-order valence-electron chi connectivity index (χ4n) is 9.44. The van der Waals surface area contributed by atoms with E-state index < -0.39 is 175 Å². The highest BCUT2D eigenvalue weighted by Crippen LogP contribution is 2.14. The molecule has 0 radical (unpaired) electrons. The largest absolute Gasteiger partial charge is 0.479 e. The Hall–Kier alpha value is -6.65. The van der Waals surface area contributed by atoms with Crippen molar-refractivity contribution in [2.24, 2.45) is 17.2 Å². The number of aliphatic hydroxyl groups excluding tert-OH is 4. The molecule has 0 saturated carbocycles. The van der Waals surface area contributed by atoms with E-state index >= 15 is 0 Å². The van der Waals surface area contributed by atoms with Crippen LogP contribution in [-0.4, -0.2) is 233 Å². The molecule has 1 aliphatic heterocycles. The fraction of sp³-hybridized carbons (Fsp3) is 0.763. The number of carbonyl (C=O) groups excluding carboxylic acids is 11. The zero-order valence-electron chi connectivity index (χ0n) is 53.9. The van der Waals surface area contributed by atoms with Crippen molar-refractivity contribution in [1.82, 2.24) is 58.1 Å². The number of rotatable bonds is 35. The number of alkyl halides is 1. The van der Waals surface area contributed by atoms with Crippen LogP contribution in [0.3, 0.4) is 0 Å². The second kappa shape index (κ2) is 47.3. The average Bonchev–Trinajstić information content (AvgIpc) is 0.914. The molecule has 0 aromatic carbocycles. The van der Waals surface area contributed by atoms with Gasteiger partial charge >= 0.3 is 11.9 Å². The quantitative estimate of drug-likeness (QED) is 0.0124. The summed E-state index contributed by atoms with van der Waals surface area (Å²) >= 11 is 5.91. The summed E-state index contributed by atoms with van der Waals surface area (Å²) in [5.41, 5.74) is 16.8. The lowest BCUT2D eigenvalue weighted by Gasteiger charge is -2.29. The number of hydrogen-bond acceptors (Lipinski definition) is 21. The zero-order valence-corrected chi connectivity index (χ0v) is 54.7. The smallest absolute Gasteiger partial charge is 0.335 e. The first-order valence-electron chi connectivity index (χ1n) is 31.8. The molecular formula is C59H105ClN14O18. The lowest BCUT2D eigenvalue weighted by Crippen LogP contribution is -2.62. The molecular weight excluding hydrogens is 1230 g/mol. The predicted molar refractivity (Wildman–Crippen MR) is 338 cm³/mol. The molecule has 10 amide bonds. The molecule has 1 heterocycles. The van der Waals surface area contributed by atoms with Crippen LogP contribution in [0.15, 0.2) is 11.8 Å². The van der Waals surface area contributed by atoms with E-state index in [-0.39, 0.29) is 58.3 Å². The molecule has 12 atom stereocenters. The maximum Gasteiger partial charge on any atom is 0.335 e. The molecule has 0 spiro atoms. The number of amides is 10. The molecule has 1 rings (SSSR count). The highest BCUT2D eigenvalue weighted by atomic mass is 35.5. The Bertz CT molecular complexity index is 2370. The van der Waals surface area contributed by atoms with Gasteiger partial charge in [0.2, 0.25) is 53.2 Å². The van der Waals surface area contributed by atoms with Gasteiger partial charge in [-0.25, -0.2) is 9.59 Å². The number of carboxylic acids is 1. The van der Waals surface area contributed by atoms with Crippen LogP contribution < -0.4 is 70.4 Å². The van der Waals surface area contributed by atoms with Crippen molar-refractivity contribution < 1.29 is 87.8 Å². The fourth-order valence-corrected chi connectivity index (χ4v) is 9.62. The number of cyclic esters (lactones) is 1. The minimum absolute atomic E-state index is 0.142. The molecule has 32 nitrogen and oxygen atoms in total. The normalized spacial score (nSPS) is 23.3. The molecule has 1 fully saturated rings. The summed E-state index contributed by atoms with van der Waals surface area (Å²) in [6.07, 6.45) is 3.40. The first-order chi connectivity index (χ1) is 43.7. The number of halogens is 1. The van der Waals surface area contributed by atoms with Gasteiger partial charge in [-0.2, -0.15) is 0 Å². The highest BCUT2D eigenvalue weighted by Gasteiger charge is 2.41. The van der Waals surface area contributed by atoms with Gasteiger partial charge in [0, 0.05) is 6.54 Å². The van der Waals surface area contributed by atoms with Crippen LogP contribution in [0.4, 0.5) is 0 Å². The lowest BCUT2D eigenvalue weighted by molar-refractivity contribution is -0.155. The number of carboxylic acid groups (broad SMARTS) is 1. The van der Waals surface area contributed by atoms with Gasteiger partial charge in [0.15, 0.2) is 12.1 Å². The summed E-state index contributed by atoms with van der Waals surface area (Å²) in [5, 5.41) is 76.3. The van der Waals surface area contributed by atoms with E-state index in [1.165, 1.54) is 6.92 Å². The molecule has 1 aliphatic rings. The van der Waals surface area contributed by atoms with E-state index in [9.17, 15) is 83.1 Å². The number of carbonyl (C=O) groups is 12. The number of nitrogens with one attached hydrogen (secondary N) is 10. The monoisotopic (exact) mass is 1330 g/mol. The number of allylic oxidation sites excluding steroid dienone is 1. The highest BCUT2D eigenvalue weighted by molar-refractivity contribution is 6.18. The van der Waals surface area contributed by atoms with E-state index in [1.807, 2.05) is 29.6 Å². The van der Waals surface area contributed by atoms with E-state index in [0.717, 1.165) is 90.2 Å². The third-order valence-corrected chi connectivity index (χ3v) is 15.1. The summed E-state index contributed by atoms with van der Waals surface area (Å²) < 4.78 is 5.36. The summed E-state index contributed by atoms with van der Waals surface area (Å²) in [6.45, 7) is 3.80. The van der Waals surface area contributed by atoms with Gasteiger partial charge in [-0.3, -0.25) is 47.9 Å². The van der Waals surface area contributed by atoms with E-state index in [1.54, 1.807) is 0 Å². The Morgan fingerprint density at radius 2 is 1.14 bits per heavy atom. The van der Waals surface area contributed by atoms with Crippen molar-refractivity contribution in [2.75, 3.05) is 59.3 Å². The van der Waals surface area contributed by atoms with Gasteiger partial charge in [-0.05, 0) is 105 Å². The molecule has 33 heteroatoms. The Kier molecular flexibility index (Phi) is 42.8. The third kappa shape index (κ3) is 33.3. The molecule has 1 unspecified atom stereocenters. The van der Waals surface area contributed by atoms with E-state index in [4.69, 9.17) is 33.5 Å². The summed E-state index contributed by atoms with van der Waals surface area (Å²) in [6, 6.07) is -15.5. The summed E-state index contributed by atoms with van der Waals surface area (Å²) in [7, 11) is 3.88. The molecule has 92 heavy (non-hydrogen) atoms. The number of nitrogens with two attached hydrogens (primary N) is 3. The van der Waals surface area contributed by atoms with Gasteiger partial charge in [-0.1, -0.05) is 83.6 Å². The topological polar surface area (TPSA) is 517 Å². The van der Waals surface area contributed by atoms with Gasteiger partial charge in [-0.15, -0.1) is 11.6 Å². The van der Waals surface area contributed by atoms with Gasteiger partial charge < -0.3 is 106 Å². The van der Waals surface area contributed by atoms with Crippen LogP contribution in [0.5, 0.6) is 0 Å². The Morgan fingerprint density at radius 1 is 0.620 bits per heavy atom. The maximum atomic E-state index is 14.5. The van der Waals surface area contributed by atoms with Crippen LogP contribution in [0.25, 0.3) is 0 Å². The molecule has 0 aromatic heterocycles. The van der Waals surface area contributed by atoms with Crippen molar-refractivity contribution in [1.29, 1.82) is 0 Å². The van der Waals surface area contributed by atoms with Crippen LogP contribution in [-0.2, 0) is 62.3 Å². The predicted octanol–water partition coefficient (Wildman–Crippen LogP) is -4.01. The van der Waals surface area contributed by atoms with Crippen molar-refractivity contribution in [3.05, 3.63) is 11.8 Å². The third-order valence-electron chi connectivity index (χ3n) is 14.8. The Morgan fingerprint density at radius 3 is 1.68 bits per heavy atom. The summed E-state index contributed by atoms with van der Waals surface area (Å²) in [5.74, 6) is -16.4. The van der Waals surface area contributed by atoms with Gasteiger partial charge in [0.25, 0.3) is 5.91 Å². The number of aliphatic carboxylic acids is 1. The van der Waals surface area contributed by atoms with Crippen LogP contribution in [0.1, 0.15) is 156 Å². The van der Waals surface area contributed by atoms with Crippen LogP contribution >= 0.6 is 11.6 Å². The number of unbranched alkanes of at least 4 members (excludes halogenated alkanes) is 12. The average molecular weight is 1330 g/mol. The standard InChI is InChI=1S/C59H105ClN14O18/c1-6-8-9-10-11-12-13-14-17-22-36(76)31-45(79)65-42-34-92-59(91)47(43(77)33-60)72-57(88)48(49(80)58(89)90)73-50(81)37(7-2)66-56(87)46(35(3)75)71-53(84)40(25-28-63)68-51(82)38(23-18-19-26-61)67-54(85)41(70-52(83)39(24-27-62)69-55(42)86)32-44(78)64-29-20-15-16-21-30-74(4)5/h7,35-36,38-43,46-49,75-77,80H,6,8-34,61-63H2,1-5H3,(H,64,78)(H,65,79)(H,66,87)(H,67,85)(H,68,82)(H,69,86)(H,70,83)(H,71,84)(H,72,88)(H,73,81)(H,89,90)/b37-7+/t35-,36-,38-,39+,40-,41-,42-,43+,46-,47-,48-,49?/m0/s1. The second-order valence-electron chi connectivity index (χ2n) is 23.0. The van der Waals surface area contributed by atoms with Crippen molar-refractivity contribution >= 4 is 82.6 Å². The van der Waals surface area contributed by atoms with Gasteiger partial charge in [0.05, 0.1) is 37.0 Å². The number of nitrogens with zero attached hydrogens (tertiary/aromatic N) is 1. The number of aliphatic hydroxyl groups is 4. The minimum atomic E-state index is -2.83. The Labute approximate surface area is 543 Å². The first kappa shape index (κ1) is 83.4. The van der Waals surface area contributed by atoms with Crippen LogP contribution in [0, 0.1) is 0 Å². The second-order valence-corrected chi connectivity index (χ2v) is 23.3. The lowest BCUT2D eigenvalue weighted by atomic mass is 10.0. The van der Waals surface area contributed by atoms with E-state index in [0.29, 0.717) is 19.3 Å². The minimum Gasteiger partial charge on any atom is -0.479 e. The maximum absolute atomic E-state index is 14.5. The number of esters is 1. The van der Waals surface area contributed by atoms with Crippen LogP contribution in [0.2, 0.25) is 0 Å². The first-order valence-corrected chi connectivity index (χ1v) is 32.3. The SMILES string of the molecule is C/C=C1/NC(=O)[C@H]([C@H](C)O)NC(=O)[C@H](CCN)NC(=O)[C@H](CCCCN)NC(=O)[C@H](CC(=O)NCCCCCCN(C)C)NC(=O)[C@@H](CCN)NC(=O)[C@@H](NC(=O)C[C@@H](O)CCCCCCCCCCC)COC(=O)[C@H]([C@H](O)CCl)NC(=O)[C@H](C(O)C(=O)O)NC1=O. The molecule has 0 aromatic rings. The molecule has 21 N–H and O–H groups in total. The summed E-state index contributed by atoms with van der Waals surface area (Å²) in [4.78, 5) is 169.